The molecule has 0 amide bonds. The summed E-state index contributed by atoms with van der Waals surface area (Å²) < 4.78 is 26.3. The molecule has 0 heterocycles. The molecular formula is C14H11F2NO. The van der Waals surface area contributed by atoms with Crippen LogP contribution in [0.25, 0.3) is 0 Å². The van der Waals surface area contributed by atoms with Gasteiger partial charge in [-0.3, -0.25) is 4.79 Å². The van der Waals surface area contributed by atoms with Crippen molar-refractivity contribution < 1.29 is 13.6 Å². The Morgan fingerprint density at radius 1 is 1.06 bits per heavy atom. The quantitative estimate of drug-likeness (QED) is 0.833. The van der Waals surface area contributed by atoms with Crippen molar-refractivity contribution >= 4 is 17.2 Å². The molecule has 4 heteroatoms. The minimum atomic E-state index is -0.701. The van der Waals surface area contributed by atoms with Crippen molar-refractivity contribution in [3.8, 4) is 0 Å². The first-order valence-electron chi connectivity index (χ1n) is 5.40. The second-order valence-corrected chi connectivity index (χ2v) is 3.85. The van der Waals surface area contributed by atoms with Gasteiger partial charge in [-0.15, -0.1) is 0 Å². The van der Waals surface area contributed by atoms with Crippen LogP contribution in [0.2, 0.25) is 0 Å². The molecule has 2 aromatic rings. The van der Waals surface area contributed by atoms with E-state index in [0.717, 1.165) is 12.1 Å². The average Bonchev–Trinajstić information content (AvgIpc) is 2.33. The molecule has 0 spiro atoms. The number of ketones is 1. The zero-order chi connectivity index (χ0) is 13.1. The molecule has 0 aliphatic rings. The fraction of sp³-hybridized carbons (Fsp3) is 0.0714. The smallest absolute Gasteiger partial charge is 0.161 e. The molecule has 92 valence electrons. The number of benzene rings is 2. The Bertz CT molecular complexity index is 596. The fourth-order valence-corrected chi connectivity index (χ4v) is 1.64. The minimum Gasteiger partial charge on any atom is -0.353 e. The van der Waals surface area contributed by atoms with E-state index >= 15 is 0 Å². The van der Waals surface area contributed by atoms with Crippen LogP contribution in [-0.2, 0) is 0 Å². The van der Waals surface area contributed by atoms with Crippen molar-refractivity contribution in [3.05, 3.63) is 59.7 Å². The van der Waals surface area contributed by atoms with Gasteiger partial charge < -0.3 is 5.32 Å². The Morgan fingerprint density at radius 3 is 2.44 bits per heavy atom. The maximum atomic E-state index is 13.5. The number of para-hydroxylation sites is 1. The second-order valence-electron chi connectivity index (χ2n) is 3.85. The van der Waals surface area contributed by atoms with Crippen LogP contribution in [0.4, 0.5) is 20.2 Å². The van der Waals surface area contributed by atoms with Crippen LogP contribution >= 0.6 is 0 Å². The van der Waals surface area contributed by atoms with Crippen molar-refractivity contribution in [2.24, 2.45) is 0 Å². The van der Waals surface area contributed by atoms with Gasteiger partial charge in [0.15, 0.2) is 5.78 Å². The molecule has 0 unspecified atom stereocenters. The van der Waals surface area contributed by atoms with Gasteiger partial charge in [-0.2, -0.15) is 0 Å². The lowest BCUT2D eigenvalue weighted by atomic mass is 10.1. The summed E-state index contributed by atoms with van der Waals surface area (Å²) in [5.74, 6) is -1.47. The van der Waals surface area contributed by atoms with E-state index in [1.165, 1.54) is 13.0 Å². The van der Waals surface area contributed by atoms with Crippen LogP contribution in [0.1, 0.15) is 17.3 Å². The van der Waals surface area contributed by atoms with E-state index in [0.29, 0.717) is 11.3 Å². The summed E-state index contributed by atoms with van der Waals surface area (Å²) >= 11 is 0. The minimum absolute atomic E-state index is 0.124. The van der Waals surface area contributed by atoms with E-state index < -0.39 is 11.6 Å². The normalized spacial score (nSPS) is 10.2. The monoisotopic (exact) mass is 247 g/mol. The first-order chi connectivity index (χ1) is 8.58. The van der Waals surface area contributed by atoms with Gasteiger partial charge in [-0.25, -0.2) is 8.78 Å². The summed E-state index contributed by atoms with van der Waals surface area (Å²) in [6, 6.07) is 10.0. The molecule has 0 aromatic heterocycles. The Hall–Kier alpha value is -2.23. The summed E-state index contributed by atoms with van der Waals surface area (Å²) in [5, 5.41) is 2.79. The highest BCUT2D eigenvalue weighted by molar-refractivity contribution is 6.00. The zero-order valence-electron chi connectivity index (χ0n) is 9.71. The van der Waals surface area contributed by atoms with Crippen molar-refractivity contribution in [2.75, 3.05) is 5.32 Å². The Morgan fingerprint density at radius 2 is 1.78 bits per heavy atom. The van der Waals surface area contributed by atoms with Crippen molar-refractivity contribution in [2.45, 2.75) is 6.92 Å². The number of carbonyl (C=O) groups is 1. The molecule has 2 nitrogen and oxygen atoms in total. The van der Waals surface area contributed by atoms with Gasteiger partial charge in [0, 0.05) is 17.3 Å². The third-order valence-corrected chi connectivity index (χ3v) is 2.51. The molecule has 0 saturated carbocycles. The zero-order valence-corrected chi connectivity index (χ0v) is 9.71. The van der Waals surface area contributed by atoms with E-state index in [1.54, 1.807) is 24.3 Å². The van der Waals surface area contributed by atoms with Gasteiger partial charge >= 0.3 is 0 Å². The topological polar surface area (TPSA) is 29.1 Å². The van der Waals surface area contributed by atoms with Crippen molar-refractivity contribution in [1.82, 2.24) is 0 Å². The molecule has 2 aromatic carbocycles. The lowest BCUT2D eigenvalue weighted by Crippen LogP contribution is -2.01. The second kappa shape index (κ2) is 4.96. The summed E-state index contributed by atoms with van der Waals surface area (Å²) in [5.41, 5.74) is 1.09. The standard InChI is InChI=1S/C14H11F2NO/c1-9(18)11-4-2-3-5-13(11)17-14-7-6-10(15)8-12(14)16/h2-8,17H,1H3. The van der Waals surface area contributed by atoms with Crippen LogP contribution in [0.5, 0.6) is 0 Å². The highest BCUT2D eigenvalue weighted by atomic mass is 19.1. The Labute approximate surface area is 103 Å². The predicted octanol–water partition coefficient (Wildman–Crippen LogP) is 3.91. The predicted molar refractivity (Wildman–Crippen MR) is 66.1 cm³/mol. The molecule has 0 atom stereocenters. The molecule has 0 aliphatic heterocycles. The first-order valence-corrected chi connectivity index (χ1v) is 5.40. The van der Waals surface area contributed by atoms with Crippen LogP contribution in [0, 0.1) is 11.6 Å². The van der Waals surface area contributed by atoms with E-state index in [-0.39, 0.29) is 11.5 Å². The van der Waals surface area contributed by atoms with Crippen LogP contribution in [0.3, 0.4) is 0 Å². The third-order valence-electron chi connectivity index (χ3n) is 2.51. The molecule has 2 rings (SSSR count). The Kier molecular flexibility index (Phi) is 3.37. The number of nitrogens with one attached hydrogen (secondary N) is 1. The Balaban J connectivity index is 2.37. The average molecular weight is 247 g/mol. The number of Topliss-reactive ketones (excluding diaryl/α,β-unsaturated/α-hetero) is 1. The number of hydrogen-bond acceptors (Lipinski definition) is 2. The largest absolute Gasteiger partial charge is 0.353 e. The van der Waals surface area contributed by atoms with Crippen LogP contribution < -0.4 is 5.32 Å². The fourth-order valence-electron chi connectivity index (χ4n) is 1.64. The summed E-state index contributed by atoms with van der Waals surface area (Å²) in [6.07, 6.45) is 0. The number of anilines is 2. The number of carbonyl (C=O) groups excluding carboxylic acids is 1. The van der Waals surface area contributed by atoms with Crippen LogP contribution in [0.15, 0.2) is 42.5 Å². The molecular weight excluding hydrogens is 236 g/mol. The van der Waals surface area contributed by atoms with Gasteiger partial charge in [-0.1, -0.05) is 12.1 Å². The SMILES string of the molecule is CC(=O)c1ccccc1Nc1ccc(F)cc1F. The van der Waals surface area contributed by atoms with E-state index in [2.05, 4.69) is 5.32 Å². The molecule has 18 heavy (non-hydrogen) atoms. The first kappa shape index (κ1) is 12.2. The molecule has 0 radical (unpaired) electrons. The third kappa shape index (κ3) is 2.53. The van der Waals surface area contributed by atoms with Gasteiger partial charge in [0.1, 0.15) is 11.6 Å². The lowest BCUT2D eigenvalue weighted by Gasteiger charge is -2.10. The summed E-state index contributed by atoms with van der Waals surface area (Å²) in [4.78, 5) is 11.4. The molecule has 0 bridgehead atoms. The lowest BCUT2D eigenvalue weighted by molar-refractivity contribution is 0.101. The maximum Gasteiger partial charge on any atom is 0.161 e. The molecule has 0 saturated heterocycles. The highest BCUT2D eigenvalue weighted by Crippen LogP contribution is 2.23. The molecule has 0 fully saturated rings. The van der Waals surface area contributed by atoms with Gasteiger partial charge in [-0.05, 0) is 31.2 Å². The summed E-state index contributed by atoms with van der Waals surface area (Å²) in [7, 11) is 0. The van der Waals surface area contributed by atoms with Crippen molar-refractivity contribution in [1.29, 1.82) is 0 Å². The van der Waals surface area contributed by atoms with Crippen LogP contribution in [-0.4, -0.2) is 5.78 Å². The van der Waals surface area contributed by atoms with Crippen molar-refractivity contribution in [3.63, 3.8) is 0 Å². The number of rotatable bonds is 3. The molecule has 1 N–H and O–H groups in total. The summed E-state index contributed by atoms with van der Waals surface area (Å²) in [6.45, 7) is 1.43. The van der Waals surface area contributed by atoms with Gasteiger partial charge in [0.05, 0.1) is 5.69 Å². The number of hydrogen-bond donors (Lipinski definition) is 1. The van der Waals surface area contributed by atoms with E-state index in [4.69, 9.17) is 0 Å². The molecule has 0 aliphatic carbocycles. The van der Waals surface area contributed by atoms with Gasteiger partial charge in [0.25, 0.3) is 0 Å². The maximum absolute atomic E-state index is 13.5. The van der Waals surface area contributed by atoms with E-state index in [9.17, 15) is 13.6 Å². The number of halogens is 2. The van der Waals surface area contributed by atoms with E-state index in [1.807, 2.05) is 0 Å². The highest BCUT2D eigenvalue weighted by Gasteiger charge is 2.09. The van der Waals surface area contributed by atoms with Gasteiger partial charge in [0.2, 0.25) is 0 Å².